The molecule has 0 saturated heterocycles. The van der Waals surface area contributed by atoms with E-state index in [4.69, 9.17) is 4.42 Å². The highest BCUT2D eigenvalue weighted by Gasteiger charge is 2.49. The molecule has 1 aliphatic rings. The van der Waals surface area contributed by atoms with Gasteiger partial charge in [0.15, 0.2) is 5.58 Å². The Kier molecular flexibility index (Phi) is 6.09. The number of hydrogen-bond donors (Lipinski definition) is 1. The Hall–Kier alpha value is -5.08. The summed E-state index contributed by atoms with van der Waals surface area (Å²) in [5, 5.41) is 6.04. The smallest absolute Gasteiger partial charge is 0.158 e. The van der Waals surface area contributed by atoms with E-state index < -0.39 is 5.41 Å². The molecule has 220 valence electrons. The number of aryl methyl sites for hydroxylation is 6. The van der Waals surface area contributed by atoms with E-state index in [-0.39, 0.29) is 0 Å². The Labute approximate surface area is 265 Å². The first-order valence-corrected chi connectivity index (χ1v) is 15.9. The maximum absolute atomic E-state index is 6.40. The lowest BCUT2D eigenvalue weighted by atomic mass is 9.63. The molecule has 7 aromatic rings. The molecular formula is C43H37NO. The van der Waals surface area contributed by atoms with Gasteiger partial charge < -0.3 is 9.73 Å². The molecule has 0 bridgehead atoms. The van der Waals surface area contributed by atoms with Crippen LogP contribution in [0.3, 0.4) is 0 Å². The lowest BCUT2D eigenvalue weighted by molar-refractivity contribution is 0.670. The van der Waals surface area contributed by atoms with Gasteiger partial charge in [-0.1, -0.05) is 96.1 Å². The summed E-state index contributed by atoms with van der Waals surface area (Å²) in [5.41, 5.74) is 19.2. The monoisotopic (exact) mass is 583 g/mol. The molecule has 0 fully saturated rings. The molecule has 0 aliphatic heterocycles. The van der Waals surface area contributed by atoms with E-state index in [1.807, 2.05) is 12.1 Å². The van der Waals surface area contributed by atoms with Gasteiger partial charge in [-0.15, -0.1) is 0 Å². The third-order valence-corrected chi connectivity index (χ3v) is 9.83. The lowest BCUT2D eigenvalue weighted by Crippen LogP contribution is -2.32. The Morgan fingerprint density at radius 2 is 1.09 bits per heavy atom. The molecule has 0 atom stereocenters. The van der Waals surface area contributed by atoms with E-state index in [0.29, 0.717) is 0 Å². The highest BCUT2D eigenvalue weighted by Crippen LogP contribution is 2.59. The quantitative estimate of drug-likeness (QED) is 0.223. The highest BCUT2D eigenvalue weighted by atomic mass is 16.3. The summed E-state index contributed by atoms with van der Waals surface area (Å²) in [7, 11) is 0. The van der Waals surface area contributed by atoms with E-state index in [1.54, 1.807) is 0 Å². The SMILES string of the molecule is Cc1cc(C)c(C2(c3c(C)cc(C)cc3C)c3ccccc3-c3ccc(Nc4cccc5c4oc4ccccc45)cc32)c(C)c1. The van der Waals surface area contributed by atoms with Gasteiger partial charge in [-0.25, -0.2) is 0 Å². The van der Waals surface area contributed by atoms with E-state index in [1.165, 1.54) is 66.8 Å². The van der Waals surface area contributed by atoms with E-state index in [9.17, 15) is 0 Å². The molecule has 0 radical (unpaired) electrons. The first kappa shape index (κ1) is 27.5. The van der Waals surface area contributed by atoms with E-state index >= 15 is 0 Å². The second-order valence-corrected chi connectivity index (χ2v) is 13.0. The van der Waals surface area contributed by atoms with Crippen LogP contribution in [0.4, 0.5) is 11.4 Å². The van der Waals surface area contributed by atoms with Crippen LogP contribution in [0.1, 0.15) is 55.6 Å². The maximum atomic E-state index is 6.40. The van der Waals surface area contributed by atoms with Gasteiger partial charge in [-0.05, 0) is 121 Å². The summed E-state index contributed by atoms with van der Waals surface area (Å²) in [6, 6.07) is 40.0. The van der Waals surface area contributed by atoms with Gasteiger partial charge in [0.2, 0.25) is 0 Å². The fourth-order valence-corrected chi connectivity index (χ4v) is 8.57. The number of furan rings is 1. The Bertz CT molecular complexity index is 2210. The number of benzene rings is 6. The maximum Gasteiger partial charge on any atom is 0.158 e. The second kappa shape index (κ2) is 9.97. The Balaban J connectivity index is 1.43. The first-order chi connectivity index (χ1) is 21.8. The van der Waals surface area contributed by atoms with Gasteiger partial charge in [0.1, 0.15) is 5.58 Å². The van der Waals surface area contributed by atoms with Crippen molar-refractivity contribution in [1.29, 1.82) is 0 Å². The van der Waals surface area contributed by atoms with Crippen molar-refractivity contribution in [1.82, 2.24) is 0 Å². The van der Waals surface area contributed by atoms with Gasteiger partial charge in [0.25, 0.3) is 0 Å². The Morgan fingerprint density at radius 3 is 1.78 bits per heavy atom. The molecule has 0 amide bonds. The molecule has 6 aromatic carbocycles. The average Bonchev–Trinajstić information content (AvgIpc) is 3.51. The van der Waals surface area contributed by atoms with Crippen molar-refractivity contribution >= 4 is 33.3 Å². The fourth-order valence-electron chi connectivity index (χ4n) is 8.57. The average molecular weight is 584 g/mol. The van der Waals surface area contributed by atoms with Crippen LogP contribution in [0.2, 0.25) is 0 Å². The zero-order valence-electron chi connectivity index (χ0n) is 26.8. The summed E-state index contributed by atoms with van der Waals surface area (Å²) in [5.74, 6) is 0. The van der Waals surface area contributed by atoms with Gasteiger partial charge in [-0.2, -0.15) is 0 Å². The number of anilines is 2. The van der Waals surface area contributed by atoms with Crippen LogP contribution in [0.25, 0.3) is 33.1 Å². The van der Waals surface area contributed by atoms with Crippen molar-refractivity contribution in [2.24, 2.45) is 0 Å². The molecule has 2 heteroatoms. The van der Waals surface area contributed by atoms with Crippen molar-refractivity contribution in [3.05, 3.63) is 165 Å². The summed E-state index contributed by atoms with van der Waals surface area (Å²) in [6.45, 7) is 13.6. The standard InChI is InChI=1S/C43H37NO/c1-25-20-27(3)40(28(4)21-25)43(41-29(5)22-26(2)23-30(41)6)36-15-9-7-12-32(36)33-19-18-31(24-37(33)43)44-38-16-11-14-35-34-13-8-10-17-39(34)45-42(35)38/h7-24,44H,1-6H3. The first-order valence-electron chi connectivity index (χ1n) is 15.9. The van der Waals surface area contributed by atoms with Crippen LogP contribution in [-0.4, -0.2) is 0 Å². The molecule has 8 rings (SSSR count). The zero-order chi connectivity index (χ0) is 31.0. The molecule has 1 N–H and O–H groups in total. The molecule has 1 heterocycles. The van der Waals surface area contributed by atoms with Crippen LogP contribution < -0.4 is 5.32 Å². The minimum Gasteiger partial charge on any atom is -0.454 e. The zero-order valence-corrected chi connectivity index (χ0v) is 26.8. The van der Waals surface area contributed by atoms with Crippen LogP contribution >= 0.6 is 0 Å². The normalized spacial score (nSPS) is 13.3. The van der Waals surface area contributed by atoms with Crippen LogP contribution in [0.5, 0.6) is 0 Å². The molecule has 0 unspecified atom stereocenters. The van der Waals surface area contributed by atoms with Crippen LogP contribution in [-0.2, 0) is 5.41 Å². The third-order valence-electron chi connectivity index (χ3n) is 9.83. The number of hydrogen-bond acceptors (Lipinski definition) is 2. The van der Waals surface area contributed by atoms with E-state index in [0.717, 1.165) is 33.3 Å². The minimum atomic E-state index is -0.473. The molecule has 1 aromatic heterocycles. The molecule has 45 heavy (non-hydrogen) atoms. The summed E-state index contributed by atoms with van der Waals surface area (Å²) < 4.78 is 6.40. The lowest BCUT2D eigenvalue weighted by Gasteiger charge is -2.39. The van der Waals surface area contributed by atoms with Crippen molar-refractivity contribution in [2.45, 2.75) is 47.0 Å². The summed E-state index contributed by atoms with van der Waals surface area (Å²) >= 11 is 0. The minimum absolute atomic E-state index is 0.473. The fraction of sp³-hybridized carbons (Fsp3) is 0.163. The van der Waals surface area contributed by atoms with Gasteiger partial charge >= 0.3 is 0 Å². The van der Waals surface area contributed by atoms with Gasteiger partial charge in [-0.3, -0.25) is 0 Å². The summed E-state index contributed by atoms with van der Waals surface area (Å²) in [4.78, 5) is 0. The highest BCUT2D eigenvalue weighted by molar-refractivity contribution is 6.09. The number of para-hydroxylation sites is 2. The summed E-state index contributed by atoms with van der Waals surface area (Å²) in [6.07, 6.45) is 0. The third kappa shape index (κ3) is 3.95. The van der Waals surface area contributed by atoms with Crippen molar-refractivity contribution in [3.63, 3.8) is 0 Å². The molecule has 0 spiro atoms. The number of nitrogens with one attached hydrogen (secondary N) is 1. The molecule has 2 nitrogen and oxygen atoms in total. The van der Waals surface area contributed by atoms with Crippen molar-refractivity contribution < 1.29 is 4.42 Å². The van der Waals surface area contributed by atoms with E-state index in [2.05, 4.69) is 144 Å². The number of fused-ring (bicyclic) bond motifs is 6. The number of rotatable bonds is 4. The molecule has 0 saturated carbocycles. The van der Waals surface area contributed by atoms with Crippen molar-refractivity contribution in [2.75, 3.05) is 5.32 Å². The largest absolute Gasteiger partial charge is 0.454 e. The predicted molar refractivity (Wildman–Crippen MR) is 189 cm³/mol. The van der Waals surface area contributed by atoms with Gasteiger partial charge in [0.05, 0.1) is 11.1 Å². The van der Waals surface area contributed by atoms with Crippen LogP contribution in [0, 0.1) is 41.5 Å². The molecule has 1 aliphatic carbocycles. The second-order valence-electron chi connectivity index (χ2n) is 13.0. The molecular weight excluding hydrogens is 546 g/mol. The topological polar surface area (TPSA) is 25.2 Å². The predicted octanol–water partition coefficient (Wildman–Crippen LogP) is 11.5. The van der Waals surface area contributed by atoms with Gasteiger partial charge in [0, 0.05) is 16.5 Å². The van der Waals surface area contributed by atoms with Crippen molar-refractivity contribution in [3.8, 4) is 11.1 Å². The Morgan fingerprint density at radius 1 is 0.511 bits per heavy atom. The van der Waals surface area contributed by atoms with Crippen LogP contribution in [0.15, 0.2) is 114 Å².